The molecule has 2 heterocycles. The molecule has 0 bridgehead atoms. The Hall–Kier alpha value is -0.840. The molecular weight excluding hydrogens is 262 g/mol. The minimum absolute atomic E-state index is 0.111. The van der Waals surface area contributed by atoms with Crippen LogP contribution in [0.1, 0.15) is 19.5 Å². The van der Waals surface area contributed by atoms with Crippen LogP contribution in [0.2, 0.25) is 5.02 Å². The summed E-state index contributed by atoms with van der Waals surface area (Å²) in [7, 11) is 0. The lowest BCUT2D eigenvalue weighted by Gasteiger charge is -2.36. The van der Waals surface area contributed by atoms with E-state index in [9.17, 15) is 5.11 Å². The Labute approximate surface area is 120 Å². The fourth-order valence-corrected chi connectivity index (χ4v) is 2.60. The highest BCUT2D eigenvalue weighted by atomic mass is 35.5. The molecule has 0 unspecified atom stereocenters. The predicted molar refractivity (Wildman–Crippen MR) is 78.7 cm³/mol. The van der Waals surface area contributed by atoms with E-state index in [1.807, 2.05) is 12.1 Å². The van der Waals surface area contributed by atoms with E-state index in [-0.39, 0.29) is 6.61 Å². The van der Waals surface area contributed by atoms with Crippen molar-refractivity contribution in [3.63, 3.8) is 0 Å². The van der Waals surface area contributed by atoms with Crippen molar-refractivity contribution in [2.75, 3.05) is 37.6 Å². The van der Waals surface area contributed by atoms with Gasteiger partial charge in [0.2, 0.25) is 0 Å². The van der Waals surface area contributed by atoms with E-state index >= 15 is 0 Å². The van der Waals surface area contributed by atoms with Gasteiger partial charge in [-0.25, -0.2) is 4.98 Å². The van der Waals surface area contributed by atoms with Gasteiger partial charge in [0.15, 0.2) is 0 Å². The van der Waals surface area contributed by atoms with Crippen LogP contribution in [-0.4, -0.2) is 47.7 Å². The first kappa shape index (κ1) is 14.6. The van der Waals surface area contributed by atoms with Crippen LogP contribution >= 0.6 is 11.6 Å². The van der Waals surface area contributed by atoms with Crippen molar-refractivity contribution in [1.29, 1.82) is 0 Å². The second kappa shape index (κ2) is 6.55. The third kappa shape index (κ3) is 3.81. The Kier molecular flexibility index (Phi) is 5.02. The molecule has 1 aliphatic heterocycles. The van der Waals surface area contributed by atoms with Crippen LogP contribution in [0.5, 0.6) is 0 Å². The van der Waals surface area contributed by atoms with Crippen molar-refractivity contribution in [1.82, 2.24) is 9.88 Å². The highest BCUT2D eigenvalue weighted by Gasteiger charge is 2.19. The summed E-state index contributed by atoms with van der Waals surface area (Å²) < 4.78 is 0. The fourth-order valence-electron chi connectivity index (χ4n) is 2.44. The number of halogens is 1. The molecule has 0 spiro atoms. The number of hydrogen-bond acceptors (Lipinski definition) is 4. The molecule has 0 atom stereocenters. The molecule has 1 aromatic rings. The second-order valence-electron chi connectivity index (χ2n) is 5.44. The summed E-state index contributed by atoms with van der Waals surface area (Å²) in [6, 6.07) is 3.75. The van der Waals surface area contributed by atoms with Crippen LogP contribution < -0.4 is 4.90 Å². The number of hydrogen-bond donors (Lipinski definition) is 1. The van der Waals surface area contributed by atoms with Crippen molar-refractivity contribution in [3.05, 3.63) is 22.8 Å². The smallest absolute Gasteiger partial charge is 0.129 e. The average molecular weight is 284 g/mol. The van der Waals surface area contributed by atoms with Crippen molar-refractivity contribution in [2.45, 2.75) is 20.5 Å². The molecule has 19 heavy (non-hydrogen) atoms. The van der Waals surface area contributed by atoms with Crippen molar-refractivity contribution < 1.29 is 5.11 Å². The number of aromatic nitrogens is 1. The van der Waals surface area contributed by atoms with Gasteiger partial charge in [-0.3, -0.25) is 4.90 Å². The van der Waals surface area contributed by atoms with Crippen LogP contribution in [0.25, 0.3) is 0 Å². The Morgan fingerprint density at radius 3 is 2.53 bits per heavy atom. The number of rotatable bonds is 4. The minimum Gasteiger partial charge on any atom is -0.390 e. The van der Waals surface area contributed by atoms with Gasteiger partial charge < -0.3 is 10.0 Å². The highest BCUT2D eigenvalue weighted by Crippen LogP contribution is 2.20. The zero-order valence-electron chi connectivity index (χ0n) is 11.6. The van der Waals surface area contributed by atoms with Gasteiger partial charge in [-0.2, -0.15) is 0 Å². The largest absolute Gasteiger partial charge is 0.390 e. The SMILES string of the molecule is CC(C)CN1CCN(c2ccc(Cl)c(CO)n2)CC1. The number of aliphatic hydroxyl groups excluding tert-OH is 1. The van der Waals surface area contributed by atoms with Crippen molar-refractivity contribution in [2.24, 2.45) is 5.92 Å². The summed E-state index contributed by atoms with van der Waals surface area (Å²) in [5.74, 6) is 1.62. The summed E-state index contributed by atoms with van der Waals surface area (Å²) in [6.45, 7) is 9.64. The third-order valence-electron chi connectivity index (χ3n) is 3.37. The van der Waals surface area contributed by atoms with Gasteiger partial charge in [0.25, 0.3) is 0 Å². The first-order valence-electron chi connectivity index (χ1n) is 6.83. The van der Waals surface area contributed by atoms with Crippen LogP contribution in [0.4, 0.5) is 5.82 Å². The van der Waals surface area contributed by atoms with E-state index in [0.29, 0.717) is 16.6 Å². The Bertz CT molecular complexity index is 417. The normalized spacial score (nSPS) is 17.2. The van der Waals surface area contributed by atoms with E-state index in [1.165, 1.54) is 0 Å². The second-order valence-corrected chi connectivity index (χ2v) is 5.84. The third-order valence-corrected chi connectivity index (χ3v) is 3.72. The Morgan fingerprint density at radius 2 is 1.95 bits per heavy atom. The molecule has 0 aliphatic carbocycles. The lowest BCUT2D eigenvalue weighted by molar-refractivity contribution is 0.230. The van der Waals surface area contributed by atoms with Gasteiger partial charge in [0.05, 0.1) is 17.3 Å². The lowest BCUT2D eigenvalue weighted by atomic mass is 10.2. The van der Waals surface area contributed by atoms with Crippen LogP contribution in [0, 0.1) is 5.92 Å². The van der Waals surface area contributed by atoms with E-state index in [1.54, 1.807) is 0 Å². The molecule has 5 heteroatoms. The van der Waals surface area contributed by atoms with E-state index in [4.69, 9.17) is 11.6 Å². The standard InChI is InChI=1S/C14H22ClN3O/c1-11(2)9-17-5-7-18(8-6-17)14-4-3-12(15)13(10-19)16-14/h3-4,11,19H,5-10H2,1-2H3. The Balaban J connectivity index is 1.97. The number of anilines is 1. The van der Waals surface area contributed by atoms with Gasteiger partial charge in [-0.15, -0.1) is 0 Å². The van der Waals surface area contributed by atoms with Gasteiger partial charge in [-0.1, -0.05) is 25.4 Å². The fraction of sp³-hybridized carbons (Fsp3) is 0.643. The van der Waals surface area contributed by atoms with Crippen molar-refractivity contribution >= 4 is 17.4 Å². The summed E-state index contributed by atoms with van der Waals surface area (Å²) in [4.78, 5) is 9.17. The maximum Gasteiger partial charge on any atom is 0.129 e. The van der Waals surface area contributed by atoms with E-state index in [0.717, 1.165) is 38.5 Å². The van der Waals surface area contributed by atoms with Crippen LogP contribution in [0.3, 0.4) is 0 Å². The molecule has 4 nitrogen and oxygen atoms in total. The summed E-state index contributed by atoms with van der Waals surface area (Å²) in [6.07, 6.45) is 0. The van der Waals surface area contributed by atoms with Gasteiger partial charge in [0, 0.05) is 32.7 Å². The van der Waals surface area contributed by atoms with Crippen molar-refractivity contribution in [3.8, 4) is 0 Å². The maximum absolute atomic E-state index is 9.21. The number of aliphatic hydroxyl groups is 1. The molecule has 1 saturated heterocycles. The van der Waals surface area contributed by atoms with Gasteiger partial charge in [0.1, 0.15) is 5.82 Å². The van der Waals surface area contributed by atoms with Crippen LogP contribution in [0.15, 0.2) is 12.1 Å². The molecular formula is C14H22ClN3O. The Morgan fingerprint density at radius 1 is 1.26 bits per heavy atom. The van der Waals surface area contributed by atoms with Gasteiger partial charge >= 0.3 is 0 Å². The molecule has 0 radical (unpaired) electrons. The topological polar surface area (TPSA) is 39.6 Å². The number of pyridine rings is 1. The molecule has 106 valence electrons. The number of nitrogens with zero attached hydrogens (tertiary/aromatic N) is 3. The zero-order chi connectivity index (χ0) is 13.8. The van der Waals surface area contributed by atoms with Gasteiger partial charge in [-0.05, 0) is 18.1 Å². The molecule has 0 aromatic carbocycles. The molecule has 2 rings (SSSR count). The van der Waals surface area contributed by atoms with E-state index < -0.39 is 0 Å². The molecule has 1 aromatic heterocycles. The summed E-state index contributed by atoms with van der Waals surface area (Å²) in [5, 5.41) is 9.74. The summed E-state index contributed by atoms with van der Waals surface area (Å²) >= 11 is 5.97. The zero-order valence-corrected chi connectivity index (χ0v) is 12.4. The molecule has 0 amide bonds. The minimum atomic E-state index is -0.111. The molecule has 1 fully saturated rings. The monoisotopic (exact) mass is 283 g/mol. The molecule has 0 saturated carbocycles. The van der Waals surface area contributed by atoms with E-state index in [2.05, 4.69) is 28.6 Å². The van der Waals surface area contributed by atoms with Crippen LogP contribution in [-0.2, 0) is 6.61 Å². The quantitative estimate of drug-likeness (QED) is 0.918. The first-order valence-corrected chi connectivity index (χ1v) is 7.21. The molecule has 1 N–H and O–H groups in total. The summed E-state index contributed by atoms with van der Waals surface area (Å²) in [5.41, 5.74) is 0.559. The first-order chi connectivity index (χ1) is 9.10. The lowest BCUT2D eigenvalue weighted by Crippen LogP contribution is -2.47. The predicted octanol–water partition coefficient (Wildman–Crippen LogP) is 2.01. The molecule has 1 aliphatic rings. The number of piperazine rings is 1. The highest BCUT2D eigenvalue weighted by molar-refractivity contribution is 6.31. The average Bonchev–Trinajstić information content (AvgIpc) is 2.40. The maximum atomic E-state index is 9.21.